The molecule has 2 rings (SSSR count). The third-order valence-electron chi connectivity index (χ3n) is 1.83. The maximum Gasteiger partial charge on any atom is 0.126 e. The van der Waals surface area contributed by atoms with Gasteiger partial charge < -0.3 is 5.32 Å². The Bertz CT molecular complexity index is 419. The maximum atomic E-state index is 5.77. The van der Waals surface area contributed by atoms with Gasteiger partial charge in [0.15, 0.2) is 0 Å². The number of nitrogens with zero attached hydrogens (tertiary/aromatic N) is 1. The first-order valence-corrected chi connectivity index (χ1v) is 4.66. The molecule has 1 aromatic carbocycles. The number of hydrogen-bond donors (Lipinski definition) is 2. The molecule has 0 radical (unpaired) electrons. The number of aromatic amines is 1. The summed E-state index contributed by atoms with van der Waals surface area (Å²) in [6.07, 6.45) is 0. The van der Waals surface area contributed by atoms with E-state index >= 15 is 0 Å². The van der Waals surface area contributed by atoms with Crippen LogP contribution in [0.1, 0.15) is 5.69 Å². The van der Waals surface area contributed by atoms with Gasteiger partial charge in [-0.05, 0) is 31.2 Å². The van der Waals surface area contributed by atoms with Gasteiger partial charge in [0.05, 0.1) is 5.69 Å². The van der Waals surface area contributed by atoms with E-state index in [4.69, 9.17) is 11.6 Å². The molecule has 1 heterocycles. The topological polar surface area (TPSA) is 40.7 Å². The molecule has 0 spiro atoms. The van der Waals surface area contributed by atoms with E-state index in [0.29, 0.717) is 0 Å². The van der Waals surface area contributed by atoms with Crippen LogP contribution < -0.4 is 5.32 Å². The predicted octanol–water partition coefficient (Wildman–Crippen LogP) is 3.12. The van der Waals surface area contributed by atoms with Crippen molar-refractivity contribution >= 4 is 23.1 Å². The number of anilines is 2. The number of nitrogens with one attached hydrogen (secondary N) is 2. The van der Waals surface area contributed by atoms with Crippen molar-refractivity contribution in [3.05, 3.63) is 41.0 Å². The largest absolute Gasteiger partial charge is 0.341 e. The number of H-pyrrole nitrogens is 1. The molecule has 0 unspecified atom stereocenters. The Hall–Kier alpha value is -1.48. The van der Waals surface area contributed by atoms with Gasteiger partial charge in [-0.3, -0.25) is 5.10 Å². The van der Waals surface area contributed by atoms with Crippen molar-refractivity contribution in [1.29, 1.82) is 0 Å². The van der Waals surface area contributed by atoms with Crippen molar-refractivity contribution in [2.24, 2.45) is 0 Å². The minimum Gasteiger partial charge on any atom is -0.341 e. The molecule has 4 heteroatoms. The molecule has 2 N–H and O–H groups in total. The second-order valence-corrected chi connectivity index (χ2v) is 3.49. The zero-order valence-electron chi connectivity index (χ0n) is 7.71. The molecule has 0 atom stereocenters. The number of aromatic nitrogens is 2. The number of hydrogen-bond acceptors (Lipinski definition) is 2. The molecule has 72 valence electrons. The Balaban J connectivity index is 2.15. The summed E-state index contributed by atoms with van der Waals surface area (Å²) in [6.45, 7) is 1.93. The Kier molecular flexibility index (Phi) is 2.41. The zero-order valence-corrected chi connectivity index (χ0v) is 8.47. The molecule has 0 saturated heterocycles. The lowest BCUT2D eigenvalue weighted by molar-refractivity contribution is 1.05. The highest BCUT2D eigenvalue weighted by atomic mass is 35.5. The average Bonchev–Trinajstić information content (AvgIpc) is 2.56. The molecule has 0 amide bonds. The Labute approximate surface area is 87.1 Å². The quantitative estimate of drug-likeness (QED) is 0.795. The highest BCUT2D eigenvalue weighted by Gasteiger charge is 1.97. The summed E-state index contributed by atoms with van der Waals surface area (Å²) in [5, 5.41) is 10.8. The molecule has 1 aromatic heterocycles. The first kappa shape index (κ1) is 9.09. The van der Waals surface area contributed by atoms with E-state index in [1.54, 1.807) is 0 Å². The third kappa shape index (κ3) is 2.06. The number of benzene rings is 1. The van der Waals surface area contributed by atoms with Crippen LogP contribution in [0.3, 0.4) is 0 Å². The summed E-state index contributed by atoms with van der Waals surface area (Å²) in [4.78, 5) is 0. The van der Waals surface area contributed by atoms with Crippen LogP contribution in [0.2, 0.25) is 5.02 Å². The molecule has 0 aliphatic heterocycles. The molecule has 0 saturated carbocycles. The monoisotopic (exact) mass is 207 g/mol. The lowest BCUT2D eigenvalue weighted by atomic mass is 10.3. The molecule has 0 fully saturated rings. The van der Waals surface area contributed by atoms with E-state index in [1.807, 2.05) is 37.3 Å². The summed E-state index contributed by atoms with van der Waals surface area (Å²) < 4.78 is 0. The van der Waals surface area contributed by atoms with Crippen LogP contribution in [0, 0.1) is 6.92 Å². The van der Waals surface area contributed by atoms with Crippen LogP contribution >= 0.6 is 11.6 Å². The second kappa shape index (κ2) is 3.72. The van der Waals surface area contributed by atoms with E-state index in [2.05, 4.69) is 15.5 Å². The van der Waals surface area contributed by atoms with Gasteiger partial charge in [0.1, 0.15) is 5.82 Å². The molecule has 3 nitrogen and oxygen atoms in total. The van der Waals surface area contributed by atoms with Crippen molar-refractivity contribution < 1.29 is 0 Å². The fourth-order valence-corrected chi connectivity index (χ4v) is 1.30. The van der Waals surface area contributed by atoms with Gasteiger partial charge in [0.25, 0.3) is 0 Å². The minimum atomic E-state index is 0.733. The fraction of sp³-hybridized carbons (Fsp3) is 0.100. The van der Waals surface area contributed by atoms with E-state index < -0.39 is 0 Å². The van der Waals surface area contributed by atoms with Crippen molar-refractivity contribution in [3.8, 4) is 0 Å². The van der Waals surface area contributed by atoms with Crippen LogP contribution in [-0.4, -0.2) is 10.2 Å². The van der Waals surface area contributed by atoms with Gasteiger partial charge in [0, 0.05) is 16.8 Å². The lowest BCUT2D eigenvalue weighted by Gasteiger charge is -2.02. The van der Waals surface area contributed by atoms with Gasteiger partial charge in [-0.2, -0.15) is 5.10 Å². The molecule has 0 aliphatic rings. The predicted molar refractivity (Wildman–Crippen MR) is 58.1 cm³/mol. The van der Waals surface area contributed by atoms with Crippen molar-refractivity contribution in [2.45, 2.75) is 6.92 Å². The third-order valence-corrected chi connectivity index (χ3v) is 2.08. The lowest BCUT2D eigenvalue weighted by Crippen LogP contribution is -1.89. The highest BCUT2D eigenvalue weighted by molar-refractivity contribution is 6.30. The van der Waals surface area contributed by atoms with E-state index in [-0.39, 0.29) is 0 Å². The summed E-state index contributed by atoms with van der Waals surface area (Å²) in [6, 6.07) is 9.45. The zero-order chi connectivity index (χ0) is 9.97. The molecular weight excluding hydrogens is 198 g/mol. The summed E-state index contributed by atoms with van der Waals surface area (Å²) in [5.41, 5.74) is 1.94. The number of halogens is 1. The smallest absolute Gasteiger partial charge is 0.126 e. The second-order valence-electron chi connectivity index (χ2n) is 3.05. The molecule has 0 bridgehead atoms. The Morgan fingerprint density at radius 1 is 1.29 bits per heavy atom. The van der Waals surface area contributed by atoms with Gasteiger partial charge in [-0.15, -0.1) is 0 Å². The standard InChI is InChI=1S/C10H10ClN3/c1-7-6-10(14-13-7)12-9-4-2-8(11)3-5-9/h2-6H,1H3,(H2,12,13,14). The average molecular weight is 208 g/mol. The molecule has 2 aromatic rings. The SMILES string of the molecule is Cc1cc(Nc2ccc(Cl)cc2)[nH]n1. The molecule has 14 heavy (non-hydrogen) atoms. The van der Waals surface area contributed by atoms with E-state index in [9.17, 15) is 0 Å². The fourth-order valence-electron chi connectivity index (χ4n) is 1.17. The first-order chi connectivity index (χ1) is 6.74. The maximum absolute atomic E-state index is 5.77. The van der Waals surface area contributed by atoms with Crippen molar-refractivity contribution in [1.82, 2.24) is 10.2 Å². The number of aryl methyl sites for hydroxylation is 1. The Morgan fingerprint density at radius 2 is 2.00 bits per heavy atom. The number of rotatable bonds is 2. The summed E-state index contributed by atoms with van der Waals surface area (Å²) in [5.74, 6) is 0.879. The molecular formula is C10H10ClN3. The highest BCUT2D eigenvalue weighted by Crippen LogP contribution is 2.17. The van der Waals surface area contributed by atoms with Crippen LogP contribution in [0.5, 0.6) is 0 Å². The van der Waals surface area contributed by atoms with Gasteiger partial charge in [0.2, 0.25) is 0 Å². The van der Waals surface area contributed by atoms with Gasteiger partial charge in [-0.1, -0.05) is 11.6 Å². The minimum absolute atomic E-state index is 0.733. The van der Waals surface area contributed by atoms with Crippen LogP contribution in [-0.2, 0) is 0 Å². The molecule has 0 aliphatic carbocycles. The summed E-state index contributed by atoms with van der Waals surface area (Å²) in [7, 11) is 0. The normalized spacial score (nSPS) is 10.1. The van der Waals surface area contributed by atoms with Gasteiger partial charge >= 0.3 is 0 Å². The van der Waals surface area contributed by atoms with Crippen LogP contribution in [0.4, 0.5) is 11.5 Å². The van der Waals surface area contributed by atoms with Gasteiger partial charge in [-0.25, -0.2) is 0 Å². The van der Waals surface area contributed by atoms with Crippen LogP contribution in [0.15, 0.2) is 30.3 Å². The summed E-state index contributed by atoms with van der Waals surface area (Å²) >= 11 is 5.77. The Morgan fingerprint density at radius 3 is 2.57 bits per heavy atom. The van der Waals surface area contributed by atoms with E-state index in [0.717, 1.165) is 22.2 Å². The van der Waals surface area contributed by atoms with Crippen molar-refractivity contribution in [2.75, 3.05) is 5.32 Å². The van der Waals surface area contributed by atoms with Crippen LogP contribution in [0.25, 0.3) is 0 Å². The van der Waals surface area contributed by atoms with Crippen molar-refractivity contribution in [3.63, 3.8) is 0 Å². The van der Waals surface area contributed by atoms with E-state index in [1.165, 1.54) is 0 Å². The first-order valence-electron chi connectivity index (χ1n) is 4.28.